The number of aliphatic hydroxyl groups is 1. The number of aliphatic hydroxyl groups excluding tert-OH is 1. The molecular weight excluding hydrogens is 214 g/mol. The summed E-state index contributed by atoms with van der Waals surface area (Å²) in [6.45, 7) is 0. The minimum absolute atomic E-state index is 0.531. The number of hydrogen-bond donors (Lipinski definition) is 2. The lowest BCUT2D eigenvalue weighted by atomic mass is 10.0. The molecule has 2 aromatic heterocycles. The van der Waals surface area contributed by atoms with E-state index in [4.69, 9.17) is 0 Å². The molecule has 0 radical (unpaired) electrons. The Morgan fingerprint density at radius 3 is 2.88 bits per heavy atom. The molecule has 4 heteroatoms. The Kier molecular flexibility index (Phi) is 2.34. The summed E-state index contributed by atoms with van der Waals surface area (Å²) in [5.41, 5.74) is 0.762. The first-order chi connectivity index (χ1) is 8.36. The second kappa shape index (κ2) is 3.99. The first-order valence-corrected chi connectivity index (χ1v) is 5.36. The summed E-state index contributed by atoms with van der Waals surface area (Å²) in [5.74, 6) is 0.531. The molecule has 2 heterocycles. The quantitative estimate of drug-likeness (QED) is 0.701. The summed E-state index contributed by atoms with van der Waals surface area (Å²) >= 11 is 0. The molecule has 0 aliphatic carbocycles. The van der Waals surface area contributed by atoms with Gasteiger partial charge in [0, 0.05) is 35.7 Å². The molecule has 3 aromatic rings. The molecule has 4 nitrogen and oxygen atoms in total. The number of pyridine rings is 1. The third-order valence-electron chi connectivity index (χ3n) is 2.77. The van der Waals surface area contributed by atoms with Crippen molar-refractivity contribution >= 4 is 10.8 Å². The van der Waals surface area contributed by atoms with Gasteiger partial charge in [-0.1, -0.05) is 24.3 Å². The van der Waals surface area contributed by atoms with Crippen LogP contribution in [0.1, 0.15) is 17.5 Å². The van der Waals surface area contributed by atoms with Crippen LogP contribution in [0.15, 0.2) is 49.1 Å². The van der Waals surface area contributed by atoms with Crippen LogP contribution in [0, 0.1) is 0 Å². The van der Waals surface area contributed by atoms with Gasteiger partial charge in [-0.2, -0.15) is 0 Å². The van der Waals surface area contributed by atoms with Crippen LogP contribution in [0.3, 0.4) is 0 Å². The van der Waals surface area contributed by atoms with Crippen LogP contribution < -0.4 is 0 Å². The largest absolute Gasteiger partial charge is 0.380 e. The molecule has 84 valence electrons. The normalized spacial score (nSPS) is 12.8. The molecule has 1 atom stereocenters. The lowest BCUT2D eigenvalue weighted by Gasteiger charge is -2.10. The fraction of sp³-hybridized carbons (Fsp3) is 0.0769. The number of nitrogens with zero attached hydrogens (tertiary/aromatic N) is 2. The number of rotatable bonds is 2. The third kappa shape index (κ3) is 1.68. The topological polar surface area (TPSA) is 61.8 Å². The van der Waals surface area contributed by atoms with Gasteiger partial charge in [0.25, 0.3) is 0 Å². The Hall–Kier alpha value is -2.20. The van der Waals surface area contributed by atoms with Crippen LogP contribution in [0.5, 0.6) is 0 Å². The molecule has 1 unspecified atom stereocenters. The Morgan fingerprint density at radius 1 is 1.18 bits per heavy atom. The molecule has 0 saturated heterocycles. The zero-order chi connectivity index (χ0) is 11.7. The number of imidazole rings is 1. The average Bonchev–Trinajstić information content (AvgIpc) is 2.91. The van der Waals surface area contributed by atoms with Gasteiger partial charge >= 0.3 is 0 Å². The van der Waals surface area contributed by atoms with Gasteiger partial charge in [0.05, 0.1) is 0 Å². The van der Waals surface area contributed by atoms with E-state index in [0.717, 1.165) is 16.3 Å². The van der Waals surface area contributed by atoms with Gasteiger partial charge in [-0.05, 0) is 5.39 Å². The number of benzene rings is 1. The Bertz CT molecular complexity index is 629. The minimum atomic E-state index is -0.774. The molecule has 0 bridgehead atoms. The van der Waals surface area contributed by atoms with Crippen molar-refractivity contribution in [1.29, 1.82) is 0 Å². The molecule has 0 saturated carbocycles. The maximum Gasteiger partial charge on any atom is 0.139 e. The minimum Gasteiger partial charge on any atom is -0.380 e. The van der Waals surface area contributed by atoms with Crippen molar-refractivity contribution in [3.63, 3.8) is 0 Å². The first-order valence-electron chi connectivity index (χ1n) is 5.36. The van der Waals surface area contributed by atoms with Crippen molar-refractivity contribution in [3.8, 4) is 0 Å². The lowest BCUT2D eigenvalue weighted by Crippen LogP contribution is -2.03. The third-order valence-corrected chi connectivity index (χ3v) is 2.77. The molecule has 17 heavy (non-hydrogen) atoms. The summed E-state index contributed by atoms with van der Waals surface area (Å²) in [6, 6.07) is 7.84. The van der Waals surface area contributed by atoms with Crippen molar-refractivity contribution in [1.82, 2.24) is 15.0 Å². The fourth-order valence-corrected chi connectivity index (χ4v) is 1.93. The van der Waals surface area contributed by atoms with Gasteiger partial charge in [0.15, 0.2) is 0 Å². The predicted octanol–water partition coefficient (Wildman–Crippen LogP) is 2.04. The second-order valence-corrected chi connectivity index (χ2v) is 3.83. The van der Waals surface area contributed by atoms with Gasteiger partial charge in [0.1, 0.15) is 11.9 Å². The van der Waals surface area contributed by atoms with Gasteiger partial charge in [-0.3, -0.25) is 4.98 Å². The van der Waals surface area contributed by atoms with Crippen LogP contribution in [-0.2, 0) is 0 Å². The average molecular weight is 225 g/mol. The van der Waals surface area contributed by atoms with E-state index in [1.807, 2.05) is 24.3 Å². The number of H-pyrrole nitrogens is 1. The molecule has 2 N–H and O–H groups in total. The van der Waals surface area contributed by atoms with Crippen LogP contribution in [0.25, 0.3) is 10.8 Å². The van der Waals surface area contributed by atoms with Crippen LogP contribution >= 0.6 is 0 Å². The van der Waals surface area contributed by atoms with Crippen LogP contribution in [0.4, 0.5) is 0 Å². The highest BCUT2D eigenvalue weighted by molar-refractivity contribution is 5.85. The van der Waals surface area contributed by atoms with Crippen molar-refractivity contribution < 1.29 is 5.11 Å². The molecule has 0 aliphatic rings. The number of fused-ring (bicyclic) bond motifs is 1. The predicted molar refractivity (Wildman–Crippen MR) is 64.4 cm³/mol. The Balaban J connectivity index is 2.17. The maximum absolute atomic E-state index is 10.2. The van der Waals surface area contributed by atoms with Crippen LogP contribution in [0.2, 0.25) is 0 Å². The molecule has 1 aromatic carbocycles. The molecule has 0 fully saturated rings. The first kappa shape index (κ1) is 9.99. The van der Waals surface area contributed by atoms with Gasteiger partial charge in [-0.15, -0.1) is 0 Å². The Labute approximate surface area is 98.0 Å². The van der Waals surface area contributed by atoms with E-state index in [0.29, 0.717) is 5.82 Å². The standard InChI is InChI=1S/C13H11N3O/c17-12(13-15-5-6-16-13)11-8-14-7-9-3-1-2-4-10(9)11/h1-8,12,17H,(H,15,16). The highest BCUT2D eigenvalue weighted by Crippen LogP contribution is 2.25. The van der Waals surface area contributed by atoms with E-state index in [9.17, 15) is 5.11 Å². The molecule has 0 aliphatic heterocycles. The van der Waals surface area contributed by atoms with Crippen LogP contribution in [-0.4, -0.2) is 20.1 Å². The highest BCUT2D eigenvalue weighted by Gasteiger charge is 2.15. The molecule has 0 spiro atoms. The van der Waals surface area contributed by atoms with E-state index in [1.165, 1.54) is 0 Å². The molecule has 0 amide bonds. The van der Waals surface area contributed by atoms with E-state index in [1.54, 1.807) is 24.8 Å². The van der Waals surface area contributed by atoms with E-state index in [2.05, 4.69) is 15.0 Å². The van der Waals surface area contributed by atoms with Crippen molar-refractivity contribution in [2.75, 3.05) is 0 Å². The SMILES string of the molecule is OC(c1ncc[nH]1)c1cncc2ccccc12. The molecular formula is C13H11N3O. The van der Waals surface area contributed by atoms with Gasteiger partial charge in [-0.25, -0.2) is 4.98 Å². The van der Waals surface area contributed by atoms with Gasteiger partial charge in [0.2, 0.25) is 0 Å². The number of nitrogens with one attached hydrogen (secondary N) is 1. The summed E-state index contributed by atoms with van der Waals surface area (Å²) in [5, 5.41) is 12.2. The maximum atomic E-state index is 10.2. The number of hydrogen-bond acceptors (Lipinski definition) is 3. The molecule has 3 rings (SSSR count). The smallest absolute Gasteiger partial charge is 0.139 e. The number of aromatic amines is 1. The van der Waals surface area contributed by atoms with E-state index in [-0.39, 0.29) is 0 Å². The van der Waals surface area contributed by atoms with Gasteiger partial charge < -0.3 is 10.1 Å². The summed E-state index contributed by atoms with van der Waals surface area (Å²) < 4.78 is 0. The lowest BCUT2D eigenvalue weighted by molar-refractivity contribution is 0.212. The summed E-state index contributed by atoms with van der Waals surface area (Å²) in [4.78, 5) is 11.1. The highest BCUT2D eigenvalue weighted by atomic mass is 16.3. The number of aromatic nitrogens is 3. The van der Waals surface area contributed by atoms with Crippen molar-refractivity contribution in [3.05, 3.63) is 60.4 Å². The fourth-order valence-electron chi connectivity index (χ4n) is 1.93. The zero-order valence-electron chi connectivity index (χ0n) is 9.04. The van der Waals surface area contributed by atoms with Crippen molar-refractivity contribution in [2.24, 2.45) is 0 Å². The summed E-state index contributed by atoms with van der Waals surface area (Å²) in [6.07, 6.45) is 6.00. The zero-order valence-corrected chi connectivity index (χ0v) is 9.04. The van der Waals surface area contributed by atoms with Crippen molar-refractivity contribution in [2.45, 2.75) is 6.10 Å². The Morgan fingerprint density at radius 2 is 2.06 bits per heavy atom. The summed E-state index contributed by atoms with van der Waals surface area (Å²) in [7, 11) is 0. The monoisotopic (exact) mass is 225 g/mol. The van der Waals surface area contributed by atoms with E-state index >= 15 is 0 Å². The van der Waals surface area contributed by atoms with E-state index < -0.39 is 6.10 Å². The second-order valence-electron chi connectivity index (χ2n) is 3.83.